The van der Waals surface area contributed by atoms with Crippen LogP contribution in [-0.4, -0.2) is 4.98 Å². The third-order valence-electron chi connectivity index (χ3n) is 3.31. The van der Waals surface area contributed by atoms with Crippen LogP contribution in [0.5, 0.6) is 0 Å². The van der Waals surface area contributed by atoms with Crippen molar-refractivity contribution in [1.82, 2.24) is 10.3 Å². The third kappa shape index (κ3) is 4.39. The molecule has 0 radical (unpaired) electrons. The van der Waals surface area contributed by atoms with Crippen LogP contribution in [0.3, 0.4) is 0 Å². The number of benzene rings is 1. The second-order valence-corrected chi connectivity index (χ2v) is 6.29. The van der Waals surface area contributed by atoms with E-state index in [1.165, 1.54) is 23.4 Å². The first-order chi connectivity index (χ1) is 9.69. The molecule has 0 bridgehead atoms. The molecule has 2 rings (SSSR count). The normalized spacial score (nSPS) is 12.6. The summed E-state index contributed by atoms with van der Waals surface area (Å²) in [6, 6.07) is 7.10. The SMILES string of the molecule is CCCCC(NCc1cnc(C)s1)c1ccc(F)cc1. The van der Waals surface area contributed by atoms with Gasteiger partial charge in [0.2, 0.25) is 0 Å². The van der Waals surface area contributed by atoms with Gasteiger partial charge in [0.05, 0.1) is 5.01 Å². The van der Waals surface area contributed by atoms with E-state index < -0.39 is 0 Å². The maximum atomic E-state index is 13.0. The number of hydrogen-bond acceptors (Lipinski definition) is 3. The molecule has 0 aliphatic carbocycles. The molecule has 0 aliphatic heterocycles. The summed E-state index contributed by atoms with van der Waals surface area (Å²) < 4.78 is 13.0. The van der Waals surface area contributed by atoms with E-state index in [9.17, 15) is 4.39 Å². The Morgan fingerprint density at radius 3 is 2.65 bits per heavy atom. The number of hydrogen-bond donors (Lipinski definition) is 1. The van der Waals surface area contributed by atoms with Gasteiger partial charge in [-0.05, 0) is 31.0 Å². The summed E-state index contributed by atoms with van der Waals surface area (Å²) in [6.07, 6.45) is 5.32. The van der Waals surface area contributed by atoms with Gasteiger partial charge in [0.15, 0.2) is 0 Å². The Bertz CT molecular complexity index is 522. The first-order valence-electron chi connectivity index (χ1n) is 7.09. The first-order valence-corrected chi connectivity index (χ1v) is 7.91. The Morgan fingerprint density at radius 2 is 2.05 bits per heavy atom. The van der Waals surface area contributed by atoms with Crippen LogP contribution in [0.25, 0.3) is 0 Å². The van der Waals surface area contributed by atoms with Gasteiger partial charge in [0, 0.05) is 23.7 Å². The van der Waals surface area contributed by atoms with Crippen LogP contribution in [0.1, 0.15) is 47.7 Å². The smallest absolute Gasteiger partial charge is 0.123 e. The molecule has 0 amide bonds. The molecule has 0 fully saturated rings. The summed E-state index contributed by atoms with van der Waals surface area (Å²) in [6.45, 7) is 5.02. The Morgan fingerprint density at radius 1 is 1.30 bits per heavy atom. The summed E-state index contributed by atoms with van der Waals surface area (Å²) in [5, 5.41) is 4.66. The first kappa shape index (κ1) is 15.1. The topological polar surface area (TPSA) is 24.9 Å². The molecule has 1 atom stereocenters. The number of rotatable bonds is 7. The molecule has 0 aliphatic rings. The highest BCUT2D eigenvalue weighted by molar-refractivity contribution is 7.11. The van der Waals surface area contributed by atoms with Crippen molar-refractivity contribution in [3.63, 3.8) is 0 Å². The summed E-state index contributed by atoms with van der Waals surface area (Å²) in [4.78, 5) is 5.51. The standard InChI is InChI=1S/C16H21FN2S/c1-3-4-5-16(13-6-8-14(17)9-7-13)19-11-15-10-18-12(2)20-15/h6-10,16,19H,3-5,11H2,1-2H3. The lowest BCUT2D eigenvalue weighted by Crippen LogP contribution is -2.20. The Labute approximate surface area is 124 Å². The van der Waals surface area contributed by atoms with Crippen molar-refractivity contribution in [3.8, 4) is 0 Å². The van der Waals surface area contributed by atoms with Crippen molar-refractivity contribution in [3.05, 3.63) is 51.7 Å². The number of unbranched alkanes of at least 4 members (excludes halogenated alkanes) is 1. The quantitative estimate of drug-likeness (QED) is 0.806. The van der Waals surface area contributed by atoms with Gasteiger partial charge in [0.25, 0.3) is 0 Å². The third-order valence-corrected chi connectivity index (χ3v) is 4.22. The van der Waals surface area contributed by atoms with Gasteiger partial charge in [-0.3, -0.25) is 0 Å². The van der Waals surface area contributed by atoms with Gasteiger partial charge < -0.3 is 5.32 Å². The van der Waals surface area contributed by atoms with E-state index in [0.29, 0.717) is 0 Å². The zero-order valence-corrected chi connectivity index (χ0v) is 12.8. The molecule has 0 spiro atoms. The van der Waals surface area contributed by atoms with E-state index in [2.05, 4.69) is 17.2 Å². The van der Waals surface area contributed by atoms with Crippen LogP contribution >= 0.6 is 11.3 Å². The van der Waals surface area contributed by atoms with Gasteiger partial charge in [-0.15, -0.1) is 11.3 Å². The maximum absolute atomic E-state index is 13.0. The number of aromatic nitrogens is 1. The molecule has 20 heavy (non-hydrogen) atoms. The van der Waals surface area contributed by atoms with Crippen LogP contribution in [0.15, 0.2) is 30.5 Å². The average molecular weight is 292 g/mol. The number of nitrogens with one attached hydrogen (secondary N) is 1. The second kappa shape index (κ2) is 7.50. The zero-order valence-electron chi connectivity index (χ0n) is 12.0. The largest absolute Gasteiger partial charge is 0.305 e. The lowest BCUT2D eigenvalue weighted by Gasteiger charge is -2.18. The van der Waals surface area contributed by atoms with E-state index in [1.54, 1.807) is 11.3 Å². The molecule has 2 nitrogen and oxygen atoms in total. The number of aryl methyl sites for hydroxylation is 1. The van der Waals surface area contributed by atoms with Gasteiger partial charge in [-0.2, -0.15) is 0 Å². The minimum atomic E-state index is -0.180. The molecular formula is C16H21FN2S. The molecule has 4 heteroatoms. The van der Waals surface area contributed by atoms with Gasteiger partial charge in [0.1, 0.15) is 5.82 Å². The highest BCUT2D eigenvalue weighted by Gasteiger charge is 2.11. The minimum Gasteiger partial charge on any atom is -0.305 e. The summed E-state index contributed by atoms with van der Waals surface area (Å²) in [5.41, 5.74) is 1.15. The van der Waals surface area contributed by atoms with Crippen LogP contribution in [0.2, 0.25) is 0 Å². The predicted octanol–water partition coefficient (Wildman–Crippen LogP) is 4.61. The Kier molecular flexibility index (Phi) is 5.68. The van der Waals surface area contributed by atoms with Gasteiger partial charge in [-0.1, -0.05) is 31.9 Å². The Balaban J connectivity index is 2.01. The van der Waals surface area contributed by atoms with Crippen molar-refractivity contribution >= 4 is 11.3 Å². The number of thiazole rings is 1. The average Bonchev–Trinajstić information content (AvgIpc) is 2.86. The predicted molar refractivity (Wildman–Crippen MR) is 82.4 cm³/mol. The summed E-state index contributed by atoms with van der Waals surface area (Å²) in [5.74, 6) is -0.180. The second-order valence-electron chi connectivity index (χ2n) is 4.97. The van der Waals surface area contributed by atoms with Gasteiger partial charge in [-0.25, -0.2) is 9.37 Å². The van der Waals surface area contributed by atoms with Crippen molar-refractivity contribution in [2.45, 2.75) is 45.7 Å². The molecule has 1 unspecified atom stereocenters. The molecular weight excluding hydrogens is 271 g/mol. The molecule has 108 valence electrons. The molecule has 1 aromatic heterocycles. The van der Waals surface area contributed by atoms with E-state index in [-0.39, 0.29) is 11.9 Å². The zero-order chi connectivity index (χ0) is 14.4. The van der Waals surface area contributed by atoms with E-state index in [1.807, 2.05) is 25.3 Å². The highest BCUT2D eigenvalue weighted by atomic mass is 32.1. The van der Waals surface area contributed by atoms with Crippen LogP contribution in [0, 0.1) is 12.7 Å². The van der Waals surface area contributed by atoms with Crippen LogP contribution < -0.4 is 5.32 Å². The molecule has 2 aromatic rings. The number of halogens is 1. The molecule has 0 saturated carbocycles. The van der Waals surface area contributed by atoms with Crippen LogP contribution in [-0.2, 0) is 6.54 Å². The van der Waals surface area contributed by atoms with E-state index in [4.69, 9.17) is 0 Å². The lowest BCUT2D eigenvalue weighted by atomic mass is 10.0. The van der Waals surface area contributed by atoms with Crippen LogP contribution in [0.4, 0.5) is 4.39 Å². The van der Waals surface area contributed by atoms with Crippen molar-refractivity contribution < 1.29 is 4.39 Å². The monoisotopic (exact) mass is 292 g/mol. The van der Waals surface area contributed by atoms with Crippen molar-refractivity contribution in [2.24, 2.45) is 0 Å². The molecule has 1 aromatic carbocycles. The highest BCUT2D eigenvalue weighted by Crippen LogP contribution is 2.21. The summed E-state index contributed by atoms with van der Waals surface area (Å²) in [7, 11) is 0. The van der Waals surface area contributed by atoms with Crippen molar-refractivity contribution in [2.75, 3.05) is 0 Å². The van der Waals surface area contributed by atoms with E-state index >= 15 is 0 Å². The van der Waals surface area contributed by atoms with Crippen molar-refractivity contribution in [1.29, 1.82) is 0 Å². The number of nitrogens with zero attached hydrogens (tertiary/aromatic N) is 1. The molecule has 1 heterocycles. The Hall–Kier alpha value is -1.26. The molecule has 0 saturated heterocycles. The summed E-state index contributed by atoms with van der Waals surface area (Å²) >= 11 is 1.72. The lowest BCUT2D eigenvalue weighted by molar-refractivity contribution is 0.481. The minimum absolute atomic E-state index is 0.180. The fraction of sp³-hybridized carbons (Fsp3) is 0.438. The fourth-order valence-corrected chi connectivity index (χ4v) is 2.95. The maximum Gasteiger partial charge on any atom is 0.123 e. The fourth-order valence-electron chi connectivity index (χ4n) is 2.20. The molecule has 1 N–H and O–H groups in total. The van der Waals surface area contributed by atoms with E-state index in [0.717, 1.165) is 30.0 Å². The van der Waals surface area contributed by atoms with Gasteiger partial charge >= 0.3 is 0 Å².